The van der Waals surface area contributed by atoms with Gasteiger partial charge in [-0.3, -0.25) is 0 Å². The van der Waals surface area contributed by atoms with Crippen molar-refractivity contribution >= 4 is 31.1 Å². The molecule has 0 aliphatic carbocycles. The molecular weight excluding hydrogens is 579 g/mol. The van der Waals surface area contributed by atoms with Crippen LogP contribution in [-0.4, -0.2) is 9.52 Å². The Balaban J connectivity index is 0.000000226. The van der Waals surface area contributed by atoms with Gasteiger partial charge in [-0.2, -0.15) is 36.8 Å². The van der Waals surface area contributed by atoms with Crippen molar-refractivity contribution in [3.63, 3.8) is 0 Å². The third-order valence-corrected chi connectivity index (χ3v) is 5.07. The maximum atomic E-state index is 3.72. The van der Waals surface area contributed by atoms with Crippen molar-refractivity contribution in [2.24, 2.45) is 0 Å². The fourth-order valence-corrected chi connectivity index (χ4v) is 3.34. The molecule has 166 valence electrons. The Morgan fingerprint density at radius 1 is 0.667 bits per heavy atom. The van der Waals surface area contributed by atoms with E-state index < -0.39 is 0 Å². The van der Waals surface area contributed by atoms with Crippen LogP contribution in [-0.2, 0) is 25.8 Å². The molecule has 0 N–H and O–H groups in total. The molecule has 0 bridgehead atoms. The maximum absolute atomic E-state index is 3.72. The Morgan fingerprint density at radius 2 is 1.06 bits per heavy atom. The van der Waals surface area contributed by atoms with Crippen LogP contribution in [0.5, 0.6) is 0 Å². The van der Waals surface area contributed by atoms with Gasteiger partial charge in [0, 0.05) is 25.8 Å². The number of fused-ring (bicyclic) bond motifs is 2. The molecule has 0 aliphatic rings. The second-order valence-corrected chi connectivity index (χ2v) is 8.53. The molecule has 0 amide bonds. The summed E-state index contributed by atoms with van der Waals surface area (Å²) >= 11 is 0. The van der Waals surface area contributed by atoms with E-state index in [1.165, 1.54) is 32.7 Å². The molecule has 5 aromatic carbocycles. The van der Waals surface area contributed by atoms with Crippen LogP contribution in [0.3, 0.4) is 0 Å². The Labute approximate surface area is 221 Å². The van der Waals surface area contributed by atoms with Crippen LogP contribution in [0, 0.1) is 20.8 Å². The van der Waals surface area contributed by atoms with E-state index in [1.54, 1.807) is 0 Å². The van der Waals surface area contributed by atoms with Crippen molar-refractivity contribution in [2.75, 3.05) is 0 Å². The third kappa shape index (κ3) is 10.7. The summed E-state index contributed by atoms with van der Waals surface area (Å²) in [5.74, 6) is 0. The summed E-state index contributed by atoms with van der Waals surface area (Å²) in [4.78, 5) is 0. The molecule has 0 saturated heterocycles. The second-order valence-electron chi connectivity index (χ2n) is 7.38. The van der Waals surface area contributed by atoms with Crippen LogP contribution in [0.4, 0.5) is 0 Å². The molecule has 0 heterocycles. The maximum Gasteiger partial charge on any atom is 0.0997 e. The quantitative estimate of drug-likeness (QED) is 0.139. The first-order chi connectivity index (χ1) is 15.5. The molecule has 2 radical (unpaired) electrons. The number of hydrogen-bond acceptors (Lipinski definition) is 0. The largest absolute Gasteiger partial charge is 0.199 e. The summed E-state index contributed by atoms with van der Waals surface area (Å²) in [6.45, 7) is 15.0. The smallest absolute Gasteiger partial charge is 0.0997 e. The average Bonchev–Trinajstić information content (AvgIpc) is 3.36. The molecule has 0 spiro atoms. The molecule has 5 rings (SSSR count). The average molecular weight is 610 g/mol. The molecule has 0 atom stereocenters. The van der Waals surface area contributed by atoms with Gasteiger partial charge in [0.2, 0.25) is 0 Å². The minimum absolute atomic E-state index is 0. The topological polar surface area (TPSA) is 0 Å². The van der Waals surface area contributed by atoms with Gasteiger partial charge in [-0.05, 0) is 0 Å². The minimum atomic E-state index is 0. The van der Waals surface area contributed by atoms with Crippen molar-refractivity contribution in [3.8, 4) is 0 Å². The van der Waals surface area contributed by atoms with Gasteiger partial charge in [0.1, 0.15) is 0 Å². The first kappa shape index (κ1) is 28.3. The zero-order valence-electron chi connectivity index (χ0n) is 19.6. The van der Waals surface area contributed by atoms with Crippen molar-refractivity contribution < 1.29 is 25.8 Å². The molecule has 2 heteroatoms. The van der Waals surface area contributed by atoms with E-state index in [4.69, 9.17) is 0 Å². The Kier molecular flexibility index (Phi) is 13.8. The van der Waals surface area contributed by atoms with Gasteiger partial charge in [-0.15, -0.1) is 118 Å². The summed E-state index contributed by atoms with van der Waals surface area (Å²) in [6, 6.07) is 35.5. The number of aryl methyl sites for hydroxylation is 2. The van der Waals surface area contributed by atoms with Gasteiger partial charge in [-0.25, -0.2) is 0 Å². The number of benzene rings is 3. The molecule has 5 aromatic rings. The summed E-state index contributed by atoms with van der Waals surface area (Å²) in [7, 11) is 0.725. The van der Waals surface area contributed by atoms with Gasteiger partial charge >= 0.3 is 0 Å². The van der Waals surface area contributed by atoms with Crippen molar-refractivity contribution in [2.45, 2.75) is 13.8 Å². The SMILES string of the molecule is C=C[Si]C=C.Cc1cc2ccccc2[cH-]1.Cc1cc2ccccc2[cH-]1.[CH2-]c1ccccc1.[Hf]. The van der Waals surface area contributed by atoms with Crippen LogP contribution in [0.25, 0.3) is 21.5 Å². The van der Waals surface area contributed by atoms with E-state index >= 15 is 0 Å². The molecule has 33 heavy (non-hydrogen) atoms. The molecule has 0 aliphatic heterocycles. The summed E-state index contributed by atoms with van der Waals surface area (Å²) in [6.07, 6.45) is 0. The molecule has 0 aromatic heterocycles. The van der Waals surface area contributed by atoms with E-state index in [2.05, 4.69) is 107 Å². The third-order valence-electron chi connectivity index (χ3n) is 4.60. The van der Waals surface area contributed by atoms with Crippen LogP contribution >= 0.6 is 0 Å². The zero-order valence-corrected chi connectivity index (χ0v) is 24.2. The predicted molar refractivity (Wildman–Crippen MR) is 146 cm³/mol. The van der Waals surface area contributed by atoms with Crippen molar-refractivity contribution in [1.82, 2.24) is 0 Å². The molecule has 0 nitrogen and oxygen atoms in total. The van der Waals surface area contributed by atoms with Gasteiger partial charge in [0.25, 0.3) is 0 Å². The van der Waals surface area contributed by atoms with Crippen LogP contribution in [0.2, 0.25) is 0 Å². The summed E-state index contributed by atoms with van der Waals surface area (Å²) < 4.78 is 0. The normalized spacial score (nSPS) is 9.15. The monoisotopic (exact) mass is 611 g/mol. The Morgan fingerprint density at radius 3 is 1.36 bits per heavy atom. The van der Waals surface area contributed by atoms with Crippen molar-refractivity contribution in [1.29, 1.82) is 0 Å². The Hall–Kier alpha value is -2.68. The van der Waals surface area contributed by atoms with Gasteiger partial charge in [0.05, 0.1) is 9.52 Å². The van der Waals surface area contributed by atoms with Gasteiger partial charge in [-0.1, -0.05) is 32.0 Å². The molecule has 0 unspecified atom stereocenters. The fraction of sp³-hybridized carbons (Fsp3) is 0.0645. The second kappa shape index (κ2) is 16.0. The number of rotatable bonds is 2. The van der Waals surface area contributed by atoms with Crippen molar-refractivity contribution in [3.05, 3.63) is 151 Å². The fourth-order valence-electron chi connectivity index (χ4n) is 3.17. The number of hydrogen-bond donors (Lipinski definition) is 0. The minimum Gasteiger partial charge on any atom is -0.199 e. The zero-order chi connectivity index (χ0) is 23.2. The first-order valence-corrected chi connectivity index (χ1v) is 11.8. The standard InChI is InChI=1S/2C10H9.C7H7.C4H6Si.Hf/c2*1-8-6-9-4-2-3-5-10(9)7-8;1-7-5-3-2-4-6-7;1-3-5-4-2;/h2*2-7H,1H3;2-6H,1H2;3-4H,1-2H2;/q3*-1;;. The Bertz CT molecular complexity index is 1070. The van der Waals surface area contributed by atoms with E-state index in [0.29, 0.717) is 0 Å². The van der Waals surface area contributed by atoms with Gasteiger partial charge in [0.15, 0.2) is 0 Å². The summed E-state index contributed by atoms with van der Waals surface area (Å²) in [5, 5.41) is 5.39. The predicted octanol–water partition coefficient (Wildman–Crippen LogP) is 8.58. The van der Waals surface area contributed by atoms with E-state index in [0.717, 1.165) is 15.1 Å². The summed E-state index contributed by atoms with van der Waals surface area (Å²) in [5.41, 5.74) is 7.45. The van der Waals surface area contributed by atoms with E-state index in [-0.39, 0.29) is 25.8 Å². The molecular formula is C31H31HfSi-3. The molecule has 0 saturated carbocycles. The van der Waals surface area contributed by atoms with Crippen LogP contribution in [0.1, 0.15) is 16.7 Å². The first-order valence-electron chi connectivity index (χ1n) is 10.6. The van der Waals surface area contributed by atoms with Gasteiger partial charge < -0.3 is 0 Å². The van der Waals surface area contributed by atoms with Crippen LogP contribution in [0.15, 0.2) is 128 Å². The van der Waals surface area contributed by atoms with Crippen LogP contribution < -0.4 is 0 Å². The molecule has 0 fully saturated rings. The van der Waals surface area contributed by atoms with E-state index in [9.17, 15) is 0 Å². The van der Waals surface area contributed by atoms with E-state index in [1.807, 2.05) is 41.7 Å².